The van der Waals surface area contributed by atoms with E-state index >= 15 is 0 Å². The molecule has 0 amide bonds. The van der Waals surface area contributed by atoms with Crippen LogP contribution in [0.1, 0.15) is 19.4 Å². The van der Waals surface area contributed by atoms with Crippen molar-refractivity contribution in [3.05, 3.63) is 52.5 Å². The zero-order valence-corrected chi connectivity index (χ0v) is 12.9. The van der Waals surface area contributed by atoms with Crippen LogP contribution in [0.3, 0.4) is 0 Å². The highest BCUT2D eigenvalue weighted by Gasteiger charge is 2.28. The summed E-state index contributed by atoms with van der Waals surface area (Å²) in [5, 5.41) is 29.7. The molecule has 0 fully saturated rings. The molecule has 0 atom stereocenters. The van der Waals surface area contributed by atoms with E-state index in [9.17, 15) is 15.2 Å². The van der Waals surface area contributed by atoms with Gasteiger partial charge in [-0.05, 0) is 42.1 Å². The molecule has 0 saturated heterocycles. The van der Waals surface area contributed by atoms with Crippen LogP contribution >= 0.6 is 15.9 Å². The van der Waals surface area contributed by atoms with Gasteiger partial charge in [0.2, 0.25) is 0 Å². The Hall–Kier alpha value is -1.14. The first kappa shape index (κ1) is 15.3. The molecule has 2 aromatic carbocycles. The summed E-state index contributed by atoms with van der Waals surface area (Å²) in [5.41, 5.74) is 1.21. The van der Waals surface area contributed by atoms with E-state index in [-0.39, 0.29) is 0 Å². The fraction of sp³-hybridized carbons (Fsp3) is 0.200. The standard InChI is InChI=1S/C15H16BBrO3/c1-15(2,18)12-8-5-7-11(14(12)16(19)20)10-6-3-4-9-13(10)17/h3-9,18-20H,1-2H3. The van der Waals surface area contributed by atoms with Crippen LogP contribution < -0.4 is 5.46 Å². The van der Waals surface area contributed by atoms with E-state index in [1.165, 1.54) is 0 Å². The van der Waals surface area contributed by atoms with Gasteiger partial charge in [-0.15, -0.1) is 0 Å². The summed E-state index contributed by atoms with van der Waals surface area (Å²) in [4.78, 5) is 0. The van der Waals surface area contributed by atoms with Crippen LogP contribution in [0, 0.1) is 0 Å². The third-order valence-corrected chi connectivity index (χ3v) is 3.88. The van der Waals surface area contributed by atoms with Crippen molar-refractivity contribution >= 4 is 28.5 Å². The smallest absolute Gasteiger partial charge is 0.423 e. The quantitative estimate of drug-likeness (QED) is 0.753. The lowest BCUT2D eigenvalue weighted by atomic mass is 9.69. The number of halogens is 1. The van der Waals surface area contributed by atoms with Crippen molar-refractivity contribution in [2.45, 2.75) is 19.4 Å². The molecule has 0 aliphatic carbocycles. The van der Waals surface area contributed by atoms with E-state index in [1.54, 1.807) is 26.0 Å². The molecule has 0 spiro atoms. The summed E-state index contributed by atoms with van der Waals surface area (Å²) in [7, 11) is -1.65. The van der Waals surface area contributed by atoms with Crippen molar-refractivity contribution in [2.24, 2.45) is 0 Å². The summed E-state index contributed by atoms with van der Waals surface area (Å²) in [6, 6.07) is 12.9. The molecule has 0 aromatic heterocycles. The molecule has 0 radical (unpaired) electrons. The lowest BCUT2D eigenvalue weighted by molar-refractivity contribution is 0.0794. The highest BCUT2D eigenvalue weighted by atomic mass is 79.9. The average molecular weight is 335 g/mol. The predicted molar refractivity (Wildman–Crippen MR) is 84.6 cm³/mol. The van der Waals surface area contributed by atoms with Gasteiger partial charge in [0, 0.05) is 4.47 Å². The Bertz CT molecular complexity index is 621. The van der Waals surface area contributed by atoms with Gasteiger partial charge in [-0.3, -0.25) is 0 Å². The van der Waals surface area contributed by atoms with Gasteiger partial charge in [0.25, 0.3) is 0 Å². The Morgan fingerprint density at radius 1 is 0.950 bits per heavy atom. The SMILES string of the molecule is CC(C)(O)c1cccc(-c2ccccc2Br)c1B(O)O. The van der Waals surface area contributed by atoms with Crippen LogP contribution in [-0.2, 0) is 5.60 Å². The maximum absolute atomic E-state index is 10.2. The topological polar surface area (TPSA) is 60.7 Å². The lowest BCUT2D eigenvalue weighted by Gasteiger charge is -2.24. The van der Waals surface area contributed by atoms with Crippen molar-refractivity contribution < 1.29 is 15.2 Å². The fourth-order valence-electron chi connectivity index (χ4n) is 2.29. The number of aliphatic hydroxyl groups is 1. The highest BCUT2D eigenvalue weighted by Crippen LogP contribution is 2.29. The Morgan fingerprint density at radius 3 is 2.10 bits per heavy atom. The fourth-order valence-corrected chi connectivity index (χ4v) is 2.79. The molecule has 2 rings (SSSR count). The third kappa shape index (κ3) is 2.96. The van der Waals surface area contributed by atoms with E-state index in [0.717, 1.165) is 10.0 Å². The molecule has 2 aromatic rings. The minimum absolute atomic E-state index is 0.326. The monoisotopic (exact) mass is 334 g/mol. The van der Waals surface area contributed by atoms with Gasteiger partial charge in [-0.2, -0.15) is 0 Å². The molecule has 104 valence electrons. The van der Waals surface area contributed by atoms with E-state index in [0.29, 0.717) is 16.6 Å². The molecular formula is C15H16BBrO3. The minimum Gasteiger partial charge on any atom is -0.423 e. The molecule has 5 heteroatoms. The second-order valence-corrected chi connectivity index (χ2v) is 6.03. The maximum atomic E-state index is 10.2. The van der Waals surface area contributed by atoms with Gasteiger partial charge in [0.05, 0.1) is 5.60 Å². The summed E-state index contributed by atoms with van der Waals surface area (Å²) in [5.74, 6) is 0. The molecule has 0 saturated carbocycles. The molecule has 0 bridgehead atoms. The van der Waals surface area contributed by atoms with Crippen molar-refractivity contribution in [1.82, 2.24) is 0 Å². The van der Waals surface area contributed by atoms with Gasteiger partial charge in [-0.25, -0.2) is 0 Å². The van der Waals surface area contributed by atoms with Crippen LogP contribution in [0.25, 0.3) is 11.1 Å². The minimum atomic E-state index is -1.65. The van der Waals surface area contributed by atoms with Crippen molar-refractivity contribution in [3.63, 3.8) is 0 Å². The van der Waals surface area contributed by atoms with Crippen LogP contribution in [0.2, 0.25) is 0 Å². The number of hydrogen-bond acceptors (Lipinski definition) is 3. The summed E-state index contributed by atoms with van der Waals surface area (Å²) in [6.07, 6.45) is 0. The van der Waals surface area contributed by atoms with Gasteiger partial charge >= 0.3 is 7.12 Å². The molecular weight excluding hydrogens is 319 g/mol. The second kappa shape index (κ2) is 5.70. The van der Waals surface area contributed by atoms with Crippen LogP contribution in [0.5, 0.6) is 0 Å². The maximum Gasteiger partial charge on any atom is 0.489 e. The van der Waals surface area contributed by atoms with Crippen LogP contribution in [-0.4, -0.2) is 22.3 Å². The first-order valence-electron chi connectivity index (χ1n) is 6.29. The number of rotatable bonds is 3. The Kier molecular flexibility index (Phi) is 4.35. The molecule has 0 unspecified atom stereocenters. The van der Waals surface area contributed by atoms with Crippen molar-refractivity contribution in [1.29, 1.82) is 0 Å². The van der Waals surface area contributed by atoms with Crippen LogP contribution in [0.15, 0.2) is 46.9 Å². The van der Waals surface area contributed by atoms with E-state index < -0.39 is 12.7 Å². The molecule has 20 heavy (non-hydrogen) atoms. The summed E-state index contributed by atoms with van der Waals surface area (Å²) >= 11 is 3.47. The highest BCUT2D eigenvalue weighted by molar-refractivity contribution is 9.10. The van der Waals surface area contributed by atoms with Gasteiger partial charge in [0.15, 0.2) is 0 Å². The molecule has 3 N–H and O–H groups in total. The van der Waals surface area contributed by atoms with E-state index in [1.807, 2.05) is 30.3 Å². The normalized spacial score (nSPS) is 11.5. The molecule has 0 aliphatic rings. The first-order chi connectivity index (χ1) is 9.32. The Balaban J connectivity index is 2.75. The number of hydrogen-bond donors (Lipinski definition) is 3. The van der Waals surface area contributed by atoms with E-state index in [4.69, 9.17) is 0 Å². The van der Waals surface area contributed by atoms with Gasteiger partial charge < -0.3 is 15.2 Å². The van der Waals surface area contributed by atoms with Crippen molar-refractivity contribution in [2.75, 3.05) is 0 Å². The molecule has 0 heterocycles. The second-order valence-electron chi connectivity index (χ2n) is 5.18. The average Bonchev–Trinajstić information content (AvgIpc) is 2.37. The zero-order chi connectivity index (χ0) is 14.9. The summed E-state index contributed by atoms with van der Waals surface area (Å²) in [6.45, 7) is 3.25. The summed E-state index contributed by atoms with van der Waals surface area (Å²) < 4.78 is 0.856. The lowest BCUT2D eigenvalue weighted by Crippen LogP contribution is -2.39. The third-order valence-electron chi connectivity index (χ3n) is 3.19. The van der Waals surface area contributed by atoms with Gasteiger partial charge in [0.1, 0.15) is 0 Å². The first-order valence-corrected chi connectivity index (χ1v) is 7.08. The Morgan fingerprint density at radius 2 is 1.55 bits per heavy atom. The predicted octanol–water partition coefficient (Wildman–Crippen LogP) is 2.02. The number of benzene rings is 2. The Labute approximate surface area is 127 Å². The zero-order valence-electron chi connectivity index (χ0n) is 11.3. The van der Waals surface area contributed by atoms with Crippen LogP contribution in [0.4, 0.5) is 0 Å². The van der Waals surface area contributed by atoms with E-state index in [2.05, 4.69) is 15.9 Å². The largest absolute Gasteiger partial charge is 0.489 e. The molecule has 3 nitrogen and oxygen atoms in total. The van der Waals surface area contributed by atoms with Gasteiger partial charge in [-0.1, -0.05) is 52.3 Å². The van der Waals surface area contributed by atoms with Crippen molar-refractivity contribution in [3.8, 4) is 11.1 Å². The molecule has 0 aliphatic heterocycles.